The van der Waals surface area contributed by atoms with Crippen LogP contribution in [0.25, 0.3) is 21.3 Å². The van der Waals surface area contributed by atoms with Gasteiger partial charge in [-0.1, -0.05) is 29.8 Å². The maximum Gasteiger partial charge on any atom is 0.146 e. The Morgan fingerprint density at radius 2 is 2.06 bits per heavy atom. The molecule has 2 aromatic heterocycles. The van der Waals surface area contributed by atoms with E-state index in [0.29, 0.717) is 16.5 Å². The summed E-state index contributed by atoms with van der Waals surface area (Å²) in [5, 5.41) is 3.64. The second-order valence-electron chi connectivity index (χ2n) is 3.57. The van der Waals surface area contributed by atoms with Gasteiger partial charge in [-0.25, -0.2) is 9.97 Å². The number of nitrogen functional groups attached to an aromatic ring is 1. The topological polar surface area (TPSA) is 51.8 Å². The number of benzene rings is 1. The minimum absolute atomic E-state index is 0.310. The summed E-state index contributed by atoms with van der Waals surface area (Å²) >= 11 is 7.81. The molecule has 0 saturated carbocycles. The molecular formula is C12H8ClN3S. The van der Waals surface area contributed by atoms with Gasteiger partial charge in [0.2, 0.25) is 0 Å². The molecule has 5 heteroatoms. The first kappa shape index (κ1) is 10.5. The molecule has 0 unspecified atom stereocenters. The molecule has 0 atom stereocenters. The van der Waals surface area contributed by atoms with Crippen LogP contribution in [0.5, 0.6) is 0 Å². The Balaban J connectivity index is 2.34. The number of hydrogen-bond acceptors (Lipinski definition) is 4. The van der Waals surface area contributed by atoms with E-state index >= 15 is 0 Å². The Bertz CT molecular complexity index is 693. The zero-order chi connectivity index (χ0) is 11.8. The lowest BCUT2D eigenvalue weighted by Gasteiger charge is -2.05. The van der Waals surface area contributed by atoms with Crippen LogP contribution in [0.2, 0.25) is 5.02 Å². The van der Waals surface area contributed by atoms with E-state index in [2.05, 4.69) is 22.1 Å². The normalized spacial score (nSPS) is 10.9. The standard InChI is InChI=1S/C12H8ClN3S/c13-9-10(15-6-16-12(9)14)8-3-1-2-7-4-5-17-11(7)8/h1-6H,(H2,14,15,16). The molecule has 0 aliphatic heterocycles. The molecule has 2 heterocycles. The maximum absolute atomic E-state index is 6.15. The molecule has 0 saturated heterocycles. The van der Waals surface area contributed by atoms with Crippen LogP contribution in [0.3, 0.4) is 0 Å². The minimum Gasteiger partial charge on any atom is -0.382 e. The molecule has 0 spiro atoms. The van der Waals surface area contributed by atoms with Crippen molar-refractivity contribution in [2.24, 2.45) is 0 Å². The Morgan fingerprint density at radius 1 is 1.18 bits per heavy atom. The fourth-order valence-electron chi connectivity index (χ4n) is 1.75. The van der Waals surface area contributed by atoms with Crippen LogP contribution >= 0.6 is 22.9 Å². The molecular weight excluding hydrogens is 254 g/mol. The van der Waals surface area contributed by atoms with Crippen LogP contribution in [0, 0.1) is 0 Å². The van der Waals surface area contributed by atoms with Crippen molar-refractivity contribution in [3.05, 3.63) is 41.0 Å². The van der Waals surface area contributed by atoms with Crippen molar-refractivity contribution >= 4 is 38.8 Å². The van der Waals surface area contributed by atoms with Gasteiger partial charge in [0.05, 0.1) is 5.69 Å². The monoisotopic (exact) mass is 261 g/mol. The molecule has 0 radical (unpaired) electrons. The van der Waals surface area contributed by atoms with Gasteiger partial charge in [0.25, 0.3) is 0 Å². The Morgan fingerprint density at radius 3 is 2.94 bits per heavy atom. The summed E-state index contributed by atoms with van der Waals surface area (Å²) in [6.45, 7) is 0. The quantitative estimate of drug-likeness (QED) is 0.728. The number of nitrogens with zero attached hydrogens (tertiary/aromatic N) is 2. The van der Waals surface area contributed by atoms with E-state index in [1.807, 2.05) is 17.5 Å². The lowest BCUT2D eigenvalue weighted by Crippen LogP contribution is -1.95. The Hall–Kier alpha value is -1.65. The van der Waals surface area contributed by atoms with Gasteiger partial charge in [-0.2, -0.15) is 0 Å². The molecule has 0 aliphatic rings. The highest BCUT2D eigenvalue weighted by atomic mass is 35.5. The van der Waals surface area contributed by atoms with Crippen molar-refractivity contribution < 1.29 is 0 Å². The summed E-state index contributed by atoms with van der Waals surface area (Å²) in [4.78, 5) is 8.09. The van der Waals surface area contributed by atoms with Crippen molar-refractivity contribution in [2.45, 2.75) is 0 Å². The number of rotatable bonds is 1. The Labute approximate surface area is 107 Å². The Kier molecular flexibility index (Phi) is 2.46. The number of anilines is 1. The lowest BCUT2D eigenvalue weighted by atomic mass is 10.1. The van der Waals surface area contributed by atoms with Gasteiger partial charge in [0.15, 0.2) is 0 Å². The highest BCUT2D eigenvalue weighted by Crippen LogP contribution is 2.35. The first-order valence-corrected chi connectivity index (χ1v) is 6.25. The predicted molar refractivity (Wildman–Crippen MR) is 72.3 cm³/mol. The lowest BCUT2D eigenvalue weighted by molar-refractivity contribution is 1.18. The number of hydrogen-bond donors (Lipinski definition) is 1. The van der Waals surface area contributed by atoms with E-state index in [1.54, 1.807) is 11.3 Å². The van der Waals surface area contributed by atoms with Gasteiger partial charge in [-0.15, -0.1) is 11.3 Å². The van der Waals surface area contributed by atoms with E-state index in [4.69, 9.17) is 17.3 Å². The van der Waals surface area contributed by atoms with E-state index in [9.17, 15) is 0 Å². The molecule has 84 valence electrons. The molecule has 3 rings (SSSR count). The zero-order valence-corrected chi connectivity index (χ0v) is 10.3. The molecule has 0 aliphatic carbocycles. The summed E-state index contributed by atoms with van der Waals surface area (Å²) in [5.41, 5.74) is 7.38. The summed E-state index contributed by atoms with van der Waals surface area (Å²) < 4.78 is 1.16. The van der Waals surface area contributed by atoms with E-state index in [1.165, 1.54) is 11.7 Å². The third kappa shape index (κ3) is 1.66. The zero-order valence-electron chi connectivity index (χ0n) is 8.72. The van der Waals surface area contributed by atoms with Crippen LogP contribution in [0.15, 0.2) is 36.0 Å². The second-order valence-corrected chi connectivity index (χ2v) is 4.86. The van der Waals surface area contributed by atoms with Crippen molar-refractivity contribution in [3.8, 4) is 11.3 Å². The van der Waals surface area contributed by atoms with E-state index in [-0.39, 0.29) is 0 Å². The van der Waals surface area contributed by atoms with Crippen LogP contribution in [-0.2, 0) is 0 Å². The van der Waals surface area contributed by atoms with Crippen molar-refractivity contribution in [2.75, 3.05) is 5.73 Å². The number of fused-ring (bicyclic) bond motifs is 1. The van der Waals surface area contributed by atoms with Crippen molar-refractivity contribution in [1.82, 2.24) is 9.97 Å². The fourth-order valence-corrected chi connectivity index (χ4v) is 2.86. The number of aromatic nitrogens is 2. The van der Waals surface area contributed by atoms with Gasteiger partial charge in [-0.05, 0) is 16.8 Å². The SMILES string of the molecule is Nc1ncnc(-c2cccc3ccsc23)c1Cl. The average molecular weight is 262 g/mol. The summed E-state index contributed by atoms with van der Waals surface area (Å²) in [6.07, 6.45) is 1.43. The average Bonchev–Trinajstić information content (AvgIpc) is 2.81. The van der Waals surface area contributed by atoms with Crippen LogP contribution < -0.4 is 5.73 Å². The smallest absolute Gasteiger partial charge is 0.146 e. The van der Waals surface area contributed by atoms with Crippen LogP contribution in [0.4, 0.5) is 5.82 Å². The molecule has 3 aromatic rings. The molecule has 0 amide bonds. The third-order valence-corrected chi connectivity index (χ3v) is 3.89. The largest absolute Gasteiger partial charge is 0.382 e. The first-order chi connectivity index (χ1) is 8.27. The highest BCUT2D eigenvalue weighted by molar-refractivity contribution is 7.17. The summed E-state index contributed by atoms with van der Waals surface area (Å²) in [7, 11) is 0. The third-order valence-electron chi connectivity index (χ3n) is 2.55. The van der Waals surface area contributed by atoms with Crippen LogP contribution in [-0.4, -0.2) is 9.97 Å². The summed E-state index contributed by atoms with van der Waals surface area (Å²) in [5.74, 6) is 0.310. The second kappa shape index (κ2) is 3.98. The van der Waals surface area contributed by atoms with Gasteiger partial charge < -0.3 is 5.73 Å². The fraction of sp³-hybridized carbons (Fsp3) is 0. The maximum atomic E-state index is 6.15. The van der Waals surface area contributed by atoms with Gasteiger partial charge in [0, 0.05) is 10.3 Å². The first-order valence-electron chi connectivity index (χ1n) is 5.00. The van der Waals surface area contributed by atoms with E-state index in [0.717, 1.165) is 10.3 Å². The molecule has 17 heavy (non-hydrogen) atoms. The van der Waals surface area contributed by atoms with Crippen molar-refractivity contribution in [3.63, 3.8) is 0 Å². The molecule has 0 fully saturated rings. The molecule has 1 aromatic carbocycles. The van der Waals surface area contributed by atoms with Crippen molar-refractivity contribution in [1.29, 1.82) is 0 Å². The van der Waals surface area contributed by atoms with E-state index < -0.39 is 0 Å². The van der Waals surface area contributed by atoms with Gasteiger partial charge in [0.1, 0.15) is 17.2 Å². The highest BCUT2D eigenvalue weighted by Gasteiger charge is 2.12. The molecule has 0 bridgehead atoms. The van der Waals surface area contributed by atoms with Gasteiger partial charge >= 0.3 is 0 Å². The predicted octanol–water partition coefficient (Wildman–Crippen LogP) is 3.59. The minimum atomic E-state index is 0.310. The summed E-state index contributed by atoms with van der Waals surface area (Å²) in [6, 6.07) is 8.11. The molecule has 3 nitrogen and oxygen atoms in total. The number of thiophene rings is 1. The van der Waals surface area contributed by atoms with Crippen LogP contribution in [0.1, 0.15) is 0 Å². The van der Waals surface area contributed by atoms with Gasteiger partial charge in [-0.3, -0.25) is 0 Å². The molecule has 2 N–H and O–H groups in total. The number of nitrogens with two attached hydrogens (primary N) is 1. The number of halogens is 1.